The van der Waals surface area contributed by atoms with Crippen LogP contribution in [0.1, 0.15) is 71.2 Å². The molecule has 3 heterocycles. The van der Waals surface area contributed by atoms with Crippen LogP contribution in [0.15, 0.2) is 126 Å². The monoisotopic (exact) mass is 748 g/mol. The van der Waals surface area contributed by atoms with E-state index in [4.69, 9.17) is 0 Å². The van der Waals surface area contributed by atoms with Crippen molar-refractivity contribution in [1.82, 2.24) is 0 Å². The van der Waals surface area contributed by atoms with Gasteiger partial charge in [0.2, 0.25) is 13.4 Å². The predicted molar refractivity (Wildman–Crippen MR) is 253 cm³/mol. The molecule has 3 aliphatic heterocycles. The van der Waals surface area contributed by atoms with Crippen LogP contribution in [0.5, 0.6) is 0 Å². The maximum absolute atomic E-state index is 2.69. The predicted octanol–water partition coefficient (Wildman–Crippen LogP) is 10.2. The van der Waals surface area contributed by atoms with Gasteiger partial charge in [-0.3, -0.25) is 0 Å². The maximum atomic E-state index is 2.69. The van der Waals surface area contributed by atoms with Gasteiger partial charge in [0.15, 0.2) is 0 Å². The summed E-state index contributed by atoms with van der Waals surface area (Å²) in [5.41, 5.74) is 27.6. The van der Waals surface area contributed by atoms with Crippen molar-refractivity contribution in [3.8, 4) is 0 Å². The minimum atomic E-state index is 0.101. The van der Waals surface area contributed by atoms with Gasteiger partial charge in [-0.15, -0.1) is 0 Å². The van der Waals surface area contributed by atoms with Gasteiger partial charge in [0.05, 0.1) is 22.8 Å². The zero-order valence-corrected chi connectivity index (χ0v) is 35.3. The maximum Gasteiger partial charge on any atom is 0.247 e. The largest absolute Gasteiger partial charge is 0.308 e. The van der Waals surface area contributed by atoms with Crippen LogP contribution in [0.3, 0.4) is 0 Å². The number of hydrogen-bond acceptors (Lipinski definition) is 2. The van der Waals surface area contributed by atoms with Crippen LogP contribution < -0.4 is 37.1 Å². The van der Waals surface area contributed by atoms with Crippen LogP contribution in [0.2, 0.25) is 0 Å². The summed E-state index contributed by atoms with van der Waals surface area (Å²) in [6.45, 7) is 18.6. The van der Waals surface area contributed by atoms with Crippen molar-refractivity contribution in [1.29, 1.82) is 0 Å². The fourth-order valence-electron chi connectivity index (χ4n) is 11.7. The van der Waals surface area contributed by atoms with Crippen molar-refractivity contribution < 1.29 is 0 Å². The van der Waals surface area contributed by atoms with Gasteiger partial charge in [0.25, 0.3) is 0 Å². The van der Waals surface area contributed by atoms with E-state index >= 15 is 0 Å². The van der Waals surface area contributed by atoms with Gasteiger partial charge in [-0.25, -0.2) is 0 Å². The number of para-hydroxylation sites is 1. The Kier molecular flexibility index (Phi) is 7.87. The molecule has 7 aromatic carbocycles. The molecule has 7 aromatic rings. The molecule has 11 rings (SSSR count). The SMILES string of the molecule is CCc1ccc2cc3c(cc2c1)B(c1c(C)cc(C)cc1C)C1=C2C(=CCC1)N1c4cc5ccc(CC)cc5cc4B(c4c(C)cc(C)cc4C)c4cccc(c41)N23. The smallest absolute Gasteiger partial charge is 0.247 e. The first-order valence-corrected chi connectivity index (χ1v) is 21.6. The third-order valence-electron chi connectivity index (χ3n) is 14.0. The van der Waals surface area contributed by atoms with E-state index in [0.29, 0.717) is 0 Å². The van der Waals surface area contributed by atoms with Crippen molar-refractivity contribution in [3.05, 3.63) is 171 Å². The number of hydrogen-bond donors (Lipinski definition) is 0. The molecule has 0 radical (unpaired) electrons. The highest BCUT2D eigenvalue weighted by Gasteiger charge is 2.49. The molecule has 0 atom stereocenters. The highest BCUT2D eigenvalue weighted by Crippen LogP contribution is 2.54. The lowest BCUT2D eigenvalue weighted by Gasteiger charge is -2.52. The Labute approximate surface area is 345 Å². The molecule has 0 unspecified atom stereocenters. The molecule has 0 saturated carbocycles. The van der Waals surface area contributed by atoms with Crippen LogP contribution >= 0.6 is 0 Å². The van der Waals surface area contributed by atoms with Crippen LogP contribution in [0, 0.1) is 41.5 Å². The lowest BCUT2D eigenvalue weighted by Crippen LogP contribution is -2.61. The van der Waals surface area contributed by atoms with Gasteiger partial charge in [-0.05, 0) is 134 Å². The van der Waals surface area contributed by atoms with Crippen molar-refractivity contribution in [2.45, 2.75) is 81.1 Å². The molecule has 0 N–H and O–H groups in total. The standard InChI is InChI=1S/C54H50B2N2/c1-9-37-17-19-39-29-49-45(27-41(39)25-37)55(51-33(5)21-31(3)22-34(51)6)43-13-11-16-48-53(43)57(49)47-15-12-14-44-54(47)58(48)50-30-40-20-18-38(10-2)26-42(40)28-46(50)56(44)52-35(7)23-32(4)24-36(52)8/h11,13,15-30H,9-10,12,14H2,1-8H3. The van der Waals surface area contributed by atoms with E-state index in [-0.39, 0.29) is 13.4 Å². The lowest BCUT2D eigenvalue weighted by atomic mass is 9.32. The zero-order valence-electron chi connectivity index (χ0n) is 35.3. The molecule has 0 aromatic heterocycles. The molecule has 0 fully saturated rings. The first-order chi connectivity index (χ1) is 28.1. The van der Waals surface area contributed by atoms with E-state index in [1.165, 1.54) is 128 Å². The summed E-state index contributed by atoms with van der Waals surface area (Å²) in [5, 5.41) is 5.28. The second-order valence-electron chi connectivity index (χ2n) is 17.8. The molecule has 4 aliphatic rings. The van der Waals surface area contributed by atoms with E-state index in [1.54, 1.807) is 5.47 Å². The van der Waals surface area contributed by atoms with E-state index in [0.717, 1.165) is 25.7 Å². The van der Waals surface area contributed by atoms with E-state index in [2.05, 4.69) is 174 Å². The fraction of sp³-hybridized carbons (Fsp3) is 0.222. The Hall–Kier alpha value is -5.73. The van der Waals surface area contributed by atoms with Crippen molar-refractivity contribution in [2.75, 3.05) is 9.80 Å². The molecule has 0 bridgehead atoms. The molecule has 58 heavy (non-hydrogen) atoms. The molecule has 4 heteroatoms. The summed E-state index contributed by atoms with van der Waals surface area (Å²) in [4.78, 5) is 5.39. The highest BCUT2D eigenvalue weighted by atomic mass is 15.3. The summed E-state index contributed by atoms with van der Waals surface area (Å²) in [6.07, 6.45) is 6.68. The summed E-state index contributed by atoms with van der Waals surface area (Å²) >= 11 is 0. The molecule has 0 amide bonds. The molecular formula is C54H50B2N2. The minimum Gasteiger partial charge on any atom is -0.308 e. The van der Waals surface area contributed by atoms with E-state index in [9.17, 15) is 0 Å². The number of aryl methyl sites for hydroxylation is 8. The normalized spacial score (nSPS) is 15.1. The topological polar surface area (TPSA) is 6.48 Å². The van der Waals surface area contributed by atoms with E-state index in [1.807, 2.05) is 0 Å². The first kappa shape index (κ1) is 35.4. The summed E-state index contributed by atoms with van der Waals surface area (Å²) in [6, 6.07) is 41.1. The molecular weight excluding hydrogens is 698 g/mol. The number of rotatable bonds is 4. The van der Waals surface area contributed by atoms with Gasteiger partial charge >= 0.3 is 0 Å². The quantitative estimate of drug-likeness (QED) is 0.166. The van der Waals surface area contributed by atoms with Gasteiger partial charge in [-0.2, -0.15) is 0 Å². The number of fused-ring (bicyclic) bond motifs is 8. The summed E-state index contributed by atoms with van der Waals surface area (Å²) in [5.74, 6) is 0. The first-order valence-electron chi connectivity index (χ1n) is 21.6. The van der Waals surface area contributed by atoms with Gasteiger partial charge in [0.1, 0.15) is 0 Å². The van der Waals surface area contributed by atoms with Crippen LogP contribution in [0.25, 0.3) is 21.5 Å². The number of anilines is 4. The van der Waals surface area contributed by atoms with E-state index < -0.39 is 0 Å². The second kappa shape index (κ2) is 12.9. The zero-order chi connectivity index (χ0) is 39.7. The highest BCUT2D eigenvalue weighted by molar-refractivity contribution is 6.99. The third-order valence-corrected chi connectivity index (χ3v) is 14.0. The third kappa shape index (κ3) is 5.00. The molecule has 0 spiro atoms. The fourth-order valence-corrected chi connectivity index (χ4v) is 11.7. The molecule has 282 valence electrons. The van der Waals surface area contributed by atoms with Crippen molar-refractivity contribution in [3.63, 3.8) is 0 Å². The lowest BCUT2D eigenvalue weighted by molar-refractivity contribution is 0.905. The Morgan fingerprint density at radius 3 is 1.60 bits per heavy atom. The Bertz CT molecular complexity index is 2970. The van der Waals surface area contributed by atoms with Gasteiger partial charge < -0.3 is 9.80 Å². The minimum absolute atomic E-state index is 0.101. The summed E-state index contributed by atoms with van der Waals surface area (Å²) in [7, 11) is 0. The average molecular weight is 749 g/mol. The molecule has 0 saturated heterocycles. The number of benzene rings is 7. The number of nitrogens with zero attached hydrogens (tertiary/aromatic N) is 2. The summed E-state index contributed by atoms with van der Waals surface area (Å²) < 4.78 is 0. The van der Waals surface area contributed by atoms with Gasteiger partial charge in [0, 0.05) is 11.4 Å². The Morgan fingerprint density at radius 1 is 0.500 bits per heavy atom. The molecule has 1 aliphatic carbocycles. The average Bonchev–Trinajstić information content (AvgIpc) is 3.20. The second-order valence-corrected chi connectivity index (χ2v) is 17.8. The van der Waals surface area contributed by atoms with Crippen LogP contribution in [0.4, 0.5) is 22.7 Å². The Morgan fingerprint density at radius 2 is 1.03 bits per heavy atom. The van der Waals surface area contributed by atoms with Crippen molar-refractivity contribution >= 4 is 85.0 Å². The van der Waals surface area contributed by atoms with Crippen LogP contribution in [-0.2, 0) is 12.8 Å². The van der Waals surface area contributed by atoms with Crippen molar-refractivity contribution in [2.24, 2.45) is 0 Å². The van der Waals surface area contributed by atoms with Gasteiger partial charge in [-0.1, -0.05) is 155 Å². The Balaban J connectivity index is 1.26. The van der Waals surface area contributed by atoms with Crippen LogP contribution in [-0.4, -0.2) is 13.4 Å². The number of allylic oxidation sites excluding steroid dienone is 2. The molecule has 2 nitrogen and oxygen atoms in total.